The van der Waals surface area contributed by atoms with Crippen molar-refractivity contribution in [1.82, 2.24) is 5.32 Å². The lowest BCUT2D eigenvalue weighted by atomic mass is 9.89. The average Bonchev–Trinajstić information content (AvgIpc) is 2.35. The third-order valence-electron chi connectivity index (χ3n) is 3.51. The summed E-state index contributed by atoms with van der Waals surface area (Å²) in [7, 11) is 0. The zero-order chi connectivity index (χ0) is 14.6. The van der Waals surface area contributed by atoms with E-state index in [-0.39, 0.29) is 5.91 Å². The van der Waals surface area contributed by atoms with Gasteiger partial charge in [-0.3, -0.25) is 10.1 Å². The number of nitrogens with one attached hydrogen (secondary N) is 1. The van der Waals surface area contributed by atoms with E-state index in [1.54, 1.807) is 0 Å². The van der Waals surface area contributed by atoms with Gasteiger partial charge in [-0.2, -0.15) is 0 Å². The summed E-state index contributed by atoms with van der Waals surface area (Å²) in [5.41, 5.74) is 6.96. The van der Waals surface area contributed by atoms with E-state index in [9.17, 15) is 4.79 Å². The Balaban J connectivity index is 3.01. The number of amides is 1. The van der Waals surface area contributed by atoms with E-state index in [1.807, 2.05) is 19.1 Å². The van der Waals surface area contributed by atoms with Crippen LogP contribution in [-0.2, 0) is 10.3 Å². The van der Waals surface area contributed by atoms with E-state index in [0.717, 1.165) is 12.1 Å². The van der Waals surface area contributed by atoms with Gasteiger partial charge in [0.25, 0.3) is 0 Å². The fourth-order valence-corrected chi connectivity index (χ4v) is 1.94. The lowest BCUT2D eigenvalue weighted by molar-refractivity contribution is -0.124. The van der Waals surface area contributed by atoms with Crippen LogP contribution < -0.4 is 11.1 Å². The molecule has 1 unspecified atom stereocenters. The highest BCUT2D eigenvalue weighted by Gasteiger charge is 2.32. The normalized spacial score (nSPS) is 14.7. The molecule has 0 bridgehead atoms. The second-order valence-electron chi connectivity index (χ2n) is 6.04. The zero-order valence-electron chi connectivity index (χ0n) is 12.7. The Labute approximate surface area is 116 Å². The Morgan fingerprint density at radius 3 is 2.11 bits per heavy atom. The lowest BCUT2D eigenvalue weighted by Gasteiger charge is -2.29. The van der Waals surface area contributed by atoms with E-state index < -0.39 is 5.54 Å². The summed E-state index contributed by atoms with van der Waals surface area (Å²) in [5.74, 6) is 0.608. The van der Waals surface area contributed by atoms with Crippen LogP contribution in [0.2, 0.25) is 0 Å². The van der Waals surface area contributed by atoms with Crippen LogP contribution in [0.5, 0.6) is 0 Å². The van der Waals surface area contributed by atoms with Crippen LogP contribution in [0, 0.1) is 5.92 Å². The lowest BCUT2D eigenvalue weighted by Crippen LogP contribution is -2.51. The van der Waals surface area contributed by atoms with Crippen LogP contribution in [0.15, 0.2) is 24.3 Å². The van der Waals surface area contributed by atoms with Crippen molar-refractivity contribution in [2.45, 2.75) is 46.1 Å². The maximum Gasteiger partial charge on any atom is 0.242 e. The van der Waals surface area contributed by atoms with Gasteiger partial charge in [0.2, 0.25) is 5.91 Å². The third-order valence-corrected chi connectivity index (χ3v) is 3.51. The Morgan fingerprint density at radius 2 is 1.74 bits per heavy atom. The molecule has 0 saturated carbocycles. The van der Waals surface area contributed by atoms with Crippen LogP contribution >= 0.6 is 0 Å². The van der Waals surface area contributed by atoms with Gasteiger partial charge >= 0.3 is 0 Å². The van der Waals surface area contributed by atoms with Gasteiger partial charge in [0, 0.05) is 0 Å². The molecular weight excluding hydrogens is 236 g/mol. The highest BCUT2D eigenvalue weighted by molar-refractivity contribution is 5.85. The zero-order valence-corrected chi connectivity index (χ0v) is 12.7. The number of hydrogen-bond donors (Lipinski definition) is 2. The van der Waals surface area contributed by atoms with Crippen molar-refractivity contribution in [1.29, 1.82) is 0 Å². The summed E-state index contributed by atoms with van der Waals surface area (Å²) >= 11 is 0. The second-order valence-corrected chi connectivity index (χ2v) is 6.04. The van der Waals surface area contributed by atoms with Crippen molar-refractivity contribution < 1.29 is 4.79 Å². The Bertz CT molecular complexity index is 423. The standard InChI is InChI=1S/C16H26N2O/c1-11(2)10-18-16(5,15(17)19)14-8-6-13(7-9-14)12(3)4/h6-9,11-12,18H,10H2,1-5H3,(H2,17,19). The molecule has 0 aliphatic carbocycles. The largest absolute Gasteiger partial charge is 0.368 e. The average molecular weight is 262 g/mol. The smallest absolute Gasteiger partial charge is 0.242 e. The minimum absolute atomic E-state index is 0.342. The predicted octanol–water partition coefficient (Wildman–Crippen LogP) is 2.76. The number of hydrogen-bond acceptors (Lipinski definition) is 2. The van der Waals surface area contributed by atoms with Gasteiger partial charge in [-0.15, -0.1) is 0 Å². The monoisotopic (exact) mass is 262 g/mol. The molecule has 1 amide bonds. The molecule has 3 N–H and O–H groups in total. The Morgan fingerprint density at radius 1 is 1.21 bits per heavy atom. The second kappa shape index (κ2) is 6.20. The molecule has 0 heterocycles. The number of rotatable bonds is 6. The van der Waals surface area contributed by atoms with Gasteiger partial charge in [-0.05, 0) is 36.4 Å². The number of primary amides is 1. The first-order valence-electron chi connectivity index (χ1n) is 6.92. The van der Waals surface area contributed by atoms with Crippen LogP contribution in [0.25, 0.3) is 0 Å². The van der Waals surface area contributed by atoms with E-state index in [0.29, 0.717) is 11.8 Å². The van der Waals surface area contributed by atoms with Crippen LogP contribution in [0.3, 0.4) is 0 Å². The molecule has 1 aromatic carbocycles. The van der Waals surface area contributed by atoms with Gasteiger partial charge in [-0.1, -0.05) is 52.0 Å². The molecule has 19 heavy (non-hydrogen) atoms. The predicted molar refractivity (Wildman–Crippen MR) is 79.9 cm³/mol. The van der Waals surface area contributed by atoms with Crippen LogP contribution in [0.1, 0.15) is 51.7 Å². The van der Waals surface area contributed by atoms with Gasteiger partial charge < -0.3 is 5.73 Å². The topological polar surface area (TPSA) is 55.1 Å². The van der Waals surface area contributed by atoms with Crippen LogP contribution in [-0.4, -0.2) is 12.5 Å². The van der Waals surface area contributed by atoms with Gasteiger partial charge in [-0.25, -0.2) is 0 Å². The molecule has 0 saturated heterocycles. The molecule has 0 aliphatic heterocycles. The number of carbonyl (C=O) groups excluding carboxylic acids is 1. The summed E-state index contributed by atoms with van der Waals surface area (Å²) in [5, 5.41) is 3.29. The fourth-order valence-electron chi connectivity index (χ4n) is 1.94. The molecule has 1 aromatic rings. The molecule has 0 radical (unpaired) electrons. The first-order valence-corrected chi connectivity index (χ1v) is 6.92. The summed E-state index contributed by atoms with van der Waals surface area (Å²) < 4.78 is 0. The van der Waals surface area contributed by atoms with E-state index in [1.165, 1.54) is 5.56 Å². The molecule has 0 fully saturated rings. The van der Waals surface area contributed by atoms with Crippen molar-refractivity contribution in [2.75, 3.05) is 6.54 Å². The minimum Gasteiger partial charge on any atom is -0.368 e. The maximum atomic E-state index is 11.8. The fraction of sp³-hybridized carbons (Fsp3) is 0.562. The molecule has 3 nitrogen and oxygen atoms in total. The number of nitrogens with two attached hydrogens (primary N) is 1. The highest BCUT2D eigenvalue weighted by atomic mass is 16.1. The third kappa shape index (κ3) is 3.80. The molecule has 1 atom stereocenters. The first-order chi connectivity index (χ1) is 8.77. The summed E-state index contributed by atoms with van der Waals surface area (Å²) in [6.45, 7) is 11.1. The number of benzene rings is 1. The maximum absolute atomic E-state index is 11.8. The first kappa shape index (κ1) is 15.7. The van der Waals surface area contributed by atoms with Crippen molar-refractivity contribution in [2.24, 2.45) is 11.7 Å². The molecule has 3 heteroatoms. The Hall–Kier alpha value is -1.35. The molecule has 1 rings (SSSR count). The van der Waals surface area contributed by atoms with Gasteiger partial charge in [0.15, 0.2) is 0 Å². The highest BCUT2D eigenvalue weighted by Crippen LogP contribution is 2.23. The van der Waals surface area contributed by atoms with Crippen molar-refractivity contribution >= 4 is 5.91 Å². The molecular formula is C16H26N2O. The van der Waals surface area contributed by atoms with E-state index >= 15 is 0 Å². The molecule has 0 aromatic heterocycles. The molecule has 106 valence electrons. The van der Waals surface area contributed by atoms with E-state index in [2.05, 4.69) is 45.1 Å². The van der Waals surface area contributed by atoms with Gasteiger partial charge in [0.1, 0.15) is 5.54 Å². The minimum atomic E-state index is -0.806. The summed E-state index contributed by atoms with van der Waals surface area (Å²) in [6, 6.07) is 8.12. The summed E-state index contributed by atoms with van der Waals surface area (Å²) in [4.78, 5) is 11.8. The molecule has 0 aliphatic rings. The van der Waals surface area contributed by atoms with E-state index in [4.69, 9.17) is 5.73 Å². The van der Waals surface area contributed by atoms with Crippen molar-refractivity contribution in [3.63, 3.8) is 0 Å². The van der Waals surface area contributed by atoms with Crippen molar-refractivity contribution in [3.8, 4) is 0 Å². The number of carbonyl (C=O) groups is 1. The van der Waals surface area contributed by atoms with Gasteiger partial charge in [0.05, 0.1) is 0 Å². The SMILES string of the molecule is CC(C)CNC(C)(C(N)=O)c1ccc(C(C)C)cc1. The summed E-state index contributed by atoms with van der Waals surface area (Å²) in [6.07, 6.45) is 0. The van der Waals surface area contributed by atoms with Crippen LogP contribution in [0.4, 0.5) is 0 Å². The molecule has 0 spiro atoms. The quantitative estimate of drug-likeness (QED) is 0.828. The Kier molecular flexibility index (Phi) is 5.12. The van der Waals surface area contributed by atoms with Crippen molar-refractivity contribution in [3.05, 3.63) is 35.4 Å².